The molecule has 0 aliphatic heterocycles. The fourth-order valence-corrected chi connectivity index (χ4v) is 3.69. The Morgan fingerprint density at radius 2 is 2.15 bits per heavy atom. The van der Waals surface area contributed by atoms with E-state index in [-0.39, 0.29) is 18.2 Å². The topological polar surface area (TPSA) is 103 Å². The van der Waals surface area contributed by atoms with Gasteiger partial charge < -0.3 is 15.6 Å². The third kappa shape index (κ3) is 5.01. The van der Waals surface area contributed by atoms with E-state index in [4.69, 9.17) is 17.3 Å². The highest BCUT2D eigenvalue weighted by molar-refractivity contribution is 8.00. The Balaban J connectivity index is 1.71. The van der Waals surface area contributed by atoms with Crippen LogP contribution in [0.4, 0.5) is 5.69 Å². The zero-order chi connectivity index (χ0) is 19.6. The minimum Gasteiger partial charge on any atom is -0.370 e. The highest BCUT2D eigenvalue weighted by Gasteiger charge is 2.31. The zero-order valence-electron chi connectivity index (χ0n) is 15.2. The van der Waals surface area contributed by atoms with Gasteiger partial charge in [0.15, 0.2) is 5.16 Å². The van der Waals surface area contributed by atoms with Gasteiger partial charge in [-0.25, -0.2) is 0 Å². The van der Waals surface area contributed by atoms with E-state index in [2.05, 4.69) is 15.5 Å². The summed E-state index contributed by atoms with van der Waals surface area (Å²) < 4.78 is 1.92. The molecule has 144 valence electrons. The number of thioether (sulfide) groups is 1. The third-order valence-electron chi connectivity index (χ3n) is 4.38. The van der Waals surface area contributed by atoms with E-state index < -0.39 is 5.25 Å². The van der Waals surface area contributed by atoms with Gasteiger partial charge in [-0.05, 0) is 44.4 Å². The summed E-state index contributed by atoms with van der Waals surface area (Å²) in [5.74, 6) is 0.737. The molecule has 7 nitrogen and oxygen atoms in total. The summed E-state index contributed by atoms with van der Waals surface area (Å²) in [7, 11) is 0. The lowest BCUT2D eigenvalue weighted by molar-refractivity contribution is -0.118. The zero-order valence-corrected chi connectivity index (χ0v) is 16.8. The number of aryl methyl sites for hydroxylation is 1. The Bertz CT molecular complexity index is 865. The number of aromatic nitrogens is 3. The molecule has 1 fully saturated rings. The molecule has 3 N–H and O–H groups in total. The summed E-state index contributed by atoms with van der Waals surface area (Å²) in [6, 6.07) is 5.37. The molecule has 1 atom stereocenters. The molecule has 2 amide bonds. The first-order valence-corrected chi connectivity index (χ1v) is 10.1. The van der Waals surface area contributed by atoms with E-state index >= 15 is 0 Å². The van der Waals surface area contributed by atoms with Gasteiger partial charge in [-0.1, -0.05) is 29.4 Å². The maximum Gasteiger partial charge on any atom is 0.237 e. The summed E-state index contributed by atoms with van der Waals surface area (Å²) in [6.07, 6.45) is 2.36. The number of benzene rings is 1. The minimum atomic E-state index is -0.396. The van der Waals surface area contributed by atoms with Gasteiger partial charge in [-0.2, -0.15) is 0 Å². The Labute approximate surface area is 167 Å². The lowest BCUT2D eigenvalue weighted by atomic mass is 10.2. The normalized spacial score (nSPS) is 14.8. The van der Waals surface area contributed by atoms with Crippen LogP contribution in [0.5, 0.6) is 0 Å². The number of primary amides is 1. The number of carbonyl (C=O) groups excluding carboxylic acids is 2. The quantitative estimate of drug-likeness (QED) is 0.654. The molecule has 2 aromatic rings. The van der Waals surface area contributed by atoms with Crippen molar-refractivity contribution < 1.29 is 9.59 Å². The molecular formula is C18H22ClN5O2S. The van der Waals surface area contributed by atoms with Crippen molar-refractivity contribution in [2.75, 3.05) is 5.32 Å². The molecular weight excluding hydrogens is 386 g/mol. The predicted molar refractivity (Wildman–Crippen MR) is 106 cm³/mol. The van der Waals surface area contributed by atoms with Crippen LogP contribution >= 0.6 is 23.4 Å². The summed E-state index contributed by atoms with van der Waals surface area (Å²) in [5.41, 5.74) is 6.91. The van der Waals surface area contributed by atoms with E-state index in [0.29, 0.717) is 28.3 Å². The first-order chi connectivity index (χ1) is 12.8. The van der Waals surface area contributed by atoms with Gasteiger partial charge in [-0.3, -0.25) is 9.59 Å². The molecule has 1 unspecified atom stereocenters. The van der Waals surface area contributed by atoms with Crippen LogP contribution < -0.4 is 11.1 Å². The van der Waals surface area contributed by atoms with Crippen molar-refractivity contribution in [3.63, 3.8) is 0 Å². The molecule has 1 aromatic heterocycles. The number of rotatable bonds is 8. The fourth-order valence-electron chi connectivity index (χ4n) is 2.64. The van der Waals surface area contributed by atoms with E-state index in [1.54, 1.807) is 12.1 Å². The number of hydrogen-bond acceptors (Lipinski definition) is 5. The summed E-state index contributed by atoms with van der Waals surface area (Å²) in [6.45, 7) is 4.15. The van der Waals surface area contributed by atoms with Gasteiger partial charge in [0.25, 0.3) is 0 Å². The van der Waals surface area contributed by atoms with Crippen LogP contribution in [0.15, 0.2) is 23.4 Å². The first kappa shape index (κ1) is 19.7. The molecule has 1 aliphatic rings. The number of amides is 2. The summed E-state index contributed by atoms with van der Waals surface area (Å²) in [5, 5.41) is 12.2. The van der Waals surface area contributed by atoms with Crippen LogP contribution in [0.25, 0.3) is 0 Å². The fraction of sp³-hybridized carbons (Fsp3) is 0.444. The van der Waals surface area contributed by atoms with Crippen LogP contribution in [0, 0.1) is 6.92 Å². The van der Waals surface area contributed by atoms with Crippen LogP contribution in [-0.4, -0.2) is 31.8 Å². The van der Waals surface area contributed by atoms with Crippen molar-refractivity contribution in [1.29, 1.82) is 0 Å². The highest BCUT2D eigenvalue weighted by atomic mass is 35.5. The number of halogens is 1. The van der Waals surface area contributed by atoms with Gasteiger partial charge in [0, 0.05) is 29.6 Å². The van der Waals surface area contributed by atoms with E-state index in [0.717, 1.165) is 24.2 Å². The van der Waals surface area contributed by atoms with Crippen LogP contribution in [0.1, 0.15) is 43.5 Å². The number of nitrogens with zero attached hydrogens (tertiary/aromatic N) is 3. The first-order valence-electron chi connectivity index (χ1n) is 8.80. The molecule has 1 heterocycles. The predicted octanol–water partition coefficient (Wildman–Crippen LogP) is 3.11. The second-order valence-electron chi connectivity index (χ2n) is 6.69. The Hall–Kier alpha value is -2.06. The maximum absolute atomic E-state index is 12.6. The molecule has 9 heteroatoms. The van der Waals surface area contributed by atoms with Crippen molar-refractivity contribution in [3.8, 4) is 0 Å². The molecule has 0 spiro atoms. The summed E-state index contributed by atoms with van der Waals surface area (Å²) in [4.78, 5) is 23.8. The average Bonchev–Trinajstić information content (AvgIpc) is 3.38. The highest BCUT2D eigenvalue weighted by Crippen LogP contribution is 2.40. The largest absolute Gasteiger partial charge is 0.370 e. The monoisotopic (exact) mass is 407 g/mol. The second kappa shape index (κ2) is 8.31. The maximum atomic E-state index is 12.6. The Morgan fingerprint density at radius 1 is 1.41 bits per heavy atom. The van der Waals surface area contributed by atoms with Gasteiger partial charge in [-0.15, -0.1) is 10.2 Å². The van der Waals surface area contributed by atoms with Crippen molar-refractivity contribution in [3.05, 3.63) is 34.6 Å². The van der Waals surface area contributed by atoms with Gasteiger partial charge in [0.1, 0.15) is 5.82 Å². The Morgan fingerprint density at radius 3 is 2.81 bits per heavy atom. The molecule has 1 aliphatic carbocycles. The van der Waals surface area contributed by atoms with E-state index in [1.807, 2.05) is 24.5 Å². The molecule has 1 saturated carbocycles. The molecule has 0 radical (unpaired) electrons. The number of carbonyl (C=O) groups is 2. The van der Waals surface area contributed by atoms with Crippen molar-refractivity contribution >= 4 is 40.9 Å². The molecule has 0 bridgehead atoms. The summed E-state index contributed by atoms with van der Waals surface area (Å²) >= 11 is 7.33. The van der Waals surface area contributed by atoms with Gasteiger partial charge in [0.05, 0.1) is 5.25 Å². The second-order valence-corrected chi connectivity index (χ2v) is 8.44. The third-order valence-corrected chi connectivity index (χ3v) is 5.69. The number of nitrogens with one attached hydrogen (secondary N) is 1. The van der Waals surface area contributed by atoms with Crippen molar-refractivity contribution in [2.45, 2.75) is 56.0 Å². The van der Waals surface area contributed by atoms with Crippen molar-refractivity contribution in [2.24, 2.45) is 5.73 Å². The lowest BCUT2D eigenvalue weighted by Gasteiger charge is -2.14. The van der Waals surface area contributed by atoms with Gasteiger partial charge >= 0.3 is 0 Å². The molecule has 0 saturated heterocycles. The van der Waals surface area contributed by atoms with Crippen LogP contribution in [-0.2, 0) is 16.1 Å². The average molecular weight is 408 g/mol. The SMILES string of the molecule is Cc1ccc(Cl)cc1NC(=O)C(C)Sc1nnc(C2CC2)n1CCC(N)=O. The van der Waals surface area contributed by atoms with E-state index in [1.165, 1.54) is 11.8 Å². The molecule has 3 rings (SSSR count). The van der Waals surface area contributed by atoms with Crippen molar-refractivity contribution in [1.82, 2.24) is 14.8 Å². The van der Waals surface area contributed by atoms with Crippen LogP contribution in [0.2, 0.25) is 5.02 Å². The minimum absolute atomic E-state index is 0.150. The smallest absolute Gasteiger partial charge is 0.237 e. The number of hydrogen-bond donors (Lipinski definition) is 2. The van der Waals surface area contributed by atoms with Gasteiger partial charge in [0.2, 0.25) is 11.8 Å². The standard InChI is InChI=1S/C18H22ClN5O2S/c1-10-3-6-13(19)9-14(10)21-17(26)11(2)27-18-23-22-16(12-4-5-12)24(18)8-7-15(20)25/h3,6,9,11-12H,4-5,7-8H2,1-2H3,(H2,20,25)(H,21,26). The lowest BCUT2D eigenvalue weighted by Crippen LogP contribution is -2.23. The van der Waals surface area contributed by atoms with E-state index in [9.17, 15) is 9.59 Å². The Kier molecular flexibility index (Phi) is 6.06. The van der Waals surface area contributed by atoms with Crippen LogP contribution in [0.3, 0.4) is 0 Å². The number of anilines is 1. The molecule has 1 aromatic carbocycles. The number of nitrogens with two attached hydrogens (primary N) is 1. The molecule has 27 heavy (non-hydrogen) atoms.